The highest BCUT2D eigenvalue weighted by molar-refractivity contribution is 9.10. The number of ether oxygens (including phenoxy) is 2. The van der Waals surface area contributed by atoms with Crippen LogP contribution in [0.25, 0.3) is 0 Å². The van der Waals surface area contributed by atoms with Gasteiger partial charge in [-0.2, -0.15) is 0 Å². The average molecular weight is 261 g/mol. The Morgan fingerprint density at radius 3 is 2.14 bits per heavy atom. The lowest BCUT2D eigenvalue weighted by molar-refractivity contribution is 0.146. The third kappa shape index (κ3) is 6.00. The van der Waals surface area contributed by atoms with E-state index < -0.39 is 0 Å². The highest BCUT2D eigenvalue weighted by Gasteiger charge is 1.91. The molecule has 1 aromatic rings. The van der Waals surface area contributed by atoms with Crippen molar-refractivity contribution in [3.63, 3.8) is 0 Å². The minimum Gasteiger partial charge on any atom is -0.491 e. The molecule has 0 radical (unpaired) electrons. The van der Waals surface area contributed by atoms with Gasteiger partial charge in [0.1, 0.15) is 12.4 Å². The standard InChI is InChI=1S/C9H11BrO2.C2H6/c1-11-6-7-12-9-4-2-8(10)3-5-9;1-2/h2-5H,6-7H2,1H3;1-2H3. The first-order chi connectivity index (χ1) is 6.83. The van der Waals surface area contributed by atoms with Crippen molar-refractivity contribution >= 4 is 15.9 Å². The van der Waals surface area contributed by atoms with Crippen LogP contribution < -0.4 is 4.74 Å². The first kappa shape index (κ1) is 13.5. The maximum absolute atomic E-state index is 5.36. The molecule has 0 saturated carbocycles. The molecule has 0 bridgehead atoms. The Balaban J connectivity index is 0.000000791. The summed E-state index contributed by atoms with van der Waals surface area (Å²) in [5, 5.41) is 0. The molecule has 0 fully saturated rings. The Labute approximate surface area is 94.4 Å². The summed E-state index contributed by atoms with van der Waals surface area (Å²) in [5.41, 5.74) is 0. The Bertz CT molecular complexity index is 221. The molecule has 0 saturated heterocycles. The van der Waals surface area contributed by atoms with Crippen molar-refractivity contribution in [2.75, 3.05) is 20.3 Å². The summed E-state index contributed by atoms with van der Waals surface area (Å²) >= 11 is 3.35. The van der Waals surface area contributed by atoms with Crippen LogP contribution in [-0.4, -0.2) is 20.3 Å². The zero-order valence-corrected chi connectivity index (χ0v) is 10.5. The Morgan fingerprint density at radius 2 is 1.64 bits per heavy atom. The van der Waals surface area contributed by atoms with Gasteiger partial charge in [-0.05, 0) is 24.3 Å². The quantitative estimate of drug-likeness (QED) is 0.772. The summed E-state index contributed by atoms with van der Waals surface area (Å²) in [4.78, 5) is 0. The van der Waals surface area contributed by atoms with Crippen LogP contribution in [0.1, 0.15) is 13.8 Å². The van der Waals surface area contributed by atoms with E-state index in [1.807, 2.05) is 38.1 Å². The van der Waals surface area contributed by atoms with E-state index in [1.165, 1.54) is 0 Å². The van der Waals surface area contributed by atoms with Gasteiger partial charge in [0, 0.05) is 11.6 Å². The molecular weight excluding hydrogens is 244 g/mol. The van der Waals surface area contributed by atoms with E-state index in [0.29, 0.717) is 13.2 Å². The molecule has 1 aromatic carbocycles. The predicted octanol–water partition coefficient (Wildman–Crippen LogP) is 3.50. The Morgan fingerprint density at radius 1 is 1.07 bits per heavy atom. The smallest absolute Gasteiger partial charge is 0.119 e. The maximum Gasteiger partial charge on any atom is 0.119 e. The van der Waals surface area contributed by atoms with E-state index in [1.54, 1.807) is 7.11 Å². The highest BCUT2D eigenvalue weighted by Crippen LogP contribution is 2.15. The van der Waals surface area contributed by atoms with E-state index >= 15 is 0 Å². The average Bonchev–Trinajstić information content (AvgIpc) is 2.24. The SMILES string of the molecule is CC.COCCOc1ccc(Br)cc1. The molecule has 0 aromatic heterocycles. The second-order valence-electron chi connectivity index (χ2n) is 2.30. The monoisotopic (exact) mass is 260 g/mol. The van der Waals surface area contributed by atoms with Gasteiger partial charge >= 0.3 is 0 Å². The van der Waals surface area contributed by atoms with Crippen molar-refractivity contribution < 1.29 is 9.47 Å². The molecule has 0 aliphatic rings. The molecule has 0 N–H and O–H groups in total. The van der Waals surface area contributed by atoms with Gasteiger partial charge in [-0.1, -0.05) is 29.8 Å². The van der Waals surface area contributed by atoms with E-state index in [-0.39, 0.29) is 0 Å². The fraction of sp³-hybridized carbons (Fsp3) is 0.455. The third-order valence-corrected chi connectivity index (χ3v) is 1.90. The van der Waals surface area contributed by atoms with Gasteiger partial charge < -0.3 is 9.47 Å². The lowest BCUT2D eigenvalue weighted by atomic mass is 10.3. The van der Waals surface area contributed by atoms with Crippen molar-refractivity contribution in [2.24, 2.45) is 0 Å². The summed E-state index contributed by atoms with van der Waals surface area (Å²) in [6.45, 7) is 5.22. The van der Waals surface area contributed by atoms with E-state index in [9.17, 15) is 0 Å². The minimum atomic E-state index is 0.595. The summed E-state index contributed by atoms with van der Waals surface area (Å²) in [5.74, 6) is 0.871. The molecule has 0 aliphatic carbocycles. The molecule has 2 nitrogen and oxygen atoms in total. The largest absolute Gasteiger partial charge is 0.491 e. The topological polar surface area (TPSA) is 18.5 Å². The molecule has 0 unspecified atom stereocenters. The maximum atomic E-state index is 5.36. The number of benzene rings is 1. The third-order valence-electron chi connectivity index (χ3n) is 1.37. The fourth-order valence-corrected chi connectivity index (χ4v) is 1.04. The van der Waals surface area contributed by atoms with Gasteiger partial charge in [-0.3, -0.25) is 0 Å². The number of rotatable bonds is 4. The Hall–Kier alpha value is -0.540. The van der Waals surface area contributed by atoms with Gasteiger partial charge in [0.2, 0.25) is 0 Å². The number of hydrogen-bond acceptors (Lipinski definition) is 2. The number of methoxy groups -OCH3 is 1. The number of hydrogen-bond donors (Lipinski definition) is 0. The molecule has 3 heteroatoms. The molecule has 1 rings (SSSR count). The predicted molar refractivity (Wildman–Crippen MR) is 62.9 cm³/mol. The van der Waals surface area contributed by atoms with Crippen LogP contribution in [0, 0.1) is 0 Å². The lowest BCUT2D eigenvalue weighted by Gasteiger charge is -2.04. The second-order valence-corrected chi connectivity index (χ2v) is 3.21. The molecule has 0 spiro atoms. The van der Waals surface area contributed by atoms with Crippen LogP contribution in [0.15, 0.2) is 28.7 Å². The number of halogens is 1. The van der Waals surface area contributed by atoms with Crippen molar-refractivity contribution in [1.29, 1.82) is 0 Å². The van der Waals surface area contributed by atoms with E-state index in [2.05, 4.69) is 15.9 Å². The summed E-state index contributed by atoms with van der Waals surface area (Å²) in [6, 6.07) is 7.73. The van der Waals surface area contributed by atoms with Gasteiger partial charge in [-0.25, -0.2) is 0 Å². The first-order valence-electron chi connectivity index (χ1n) is 4.70. The van der Waals surface area contributed by atoms with Crippen LogP contribution in [0.5, 0.6) is 5.75 Å². The van der Waals surface area contributed by atoms with Crippen LogP contribution in [0.2, 0.25) is 0 Å². The molecule has 0 aliphatic heterocycles. The van der Waals surface area contributed by atoms with Gasteiger partial charge in [0.05, 0.1) is 6.61 Å². The molecule has 0 atom stereocenters. The molecule has 80 valence electrons. The molecule has 14 heavy (non-hydrogen) atoms. The van der Waals surface area contributed by atoms with Crippen LogP contribution >= 0.6 is 15.9 Å². The minimum absolute atomic E-state index is 0.595. The van der Waals surface area contributed by atoms with Crippen molar-refractivity contribution in [3.05, 3.63) is 28.7 Å². The van der Waals surface area contributed by atoms with E-state index in [4.69, 9.17) is 9.47 Å². The second kappa shape index (κ2) is 9.03. The summed E-state index contributed by atoms with van der Waals surface area (Å²) < 4.78 is 11.3. The molecule has 0 heterocycles. The zero-order chi connectivity index (χ0) is 10.8. The van der Waals surface area contributed by atoms with Crippen molar-refractivity contribution in [1.82, 2.24) is 0 Å². The fourth-order valence-electron chi connectivity index (χ4n) is 0.774. The Kier molecular flexibility index (Phi) is 8.68. The molecule has 0 amide bonds. The lowest BCUT2D eigenvalue weighted by Crippen LogP contribution is -2.03. The van der Waals surface area contributed by atoms with Gasteiger partial charge in [0.15, 0.2) is 0 Å². The van der Waals surface area contributed by atoms with Crippen molar-refractivity contribution in [2.45, 2.75) is 13.8 Å². The van der Waals surface area contributed by atoms with E-state index in [0.717, 1.165) is 10.2 Å². The van der Waals surface area contributed by atoms with Gasteiger partial charge in [-0.15, -0.1) is 0 Å². The normalized spacial score (nSPS) is 8.86. The summed E-state index contributed by atoms with van der Waals surface area (Å²) in [7, 11) is 1.66. The van der Waals surface area contributed by atoms with Crippen LogP contribution in [0.4, 0.5) is 0 Å². The van der Waals surface area contributed by atoms with Crippen LogP contribution in [0.3, 0.4) is 0 Å². The van der Waals surface area contributed by atoms with Crippen LogP contribution in [-0.2, 0) is 4.74 Å². The molecular formula is C11H17BrO2. The summed E-state index contributed by atoms with van der Waals surface area (Å²) in [6.07, 6.45) is 0. The highest BCUT2D eigenvalue weighted by atomic mass is 79.9. The first-order valence-corrected chi connectivity index (χ1v) is 5.49. The van der Waals surface area contributed by atoms with Gasteiger partial charge in [0.25, 0.3) is 0 Å². The van der Waals surface area contributed by atoms with Crippen molar-refractivity contribution in [3.8, 4) is 5.75 Å². The zero-order valence-electron chi connectivity index (χ0n) is 8.92.